The normalized spacial score (nSPS) is 23.8. The molecule has 1 heterocycles. The Morgan fingerprint density at radius 1 is 1.42 bits per heavy atom. The Kier molecular flexibility index (Phi) is 2.75. The quantitative estimate of drug-likeness (QED) is 0.644. The van der Waals surface area contributed by atoms with Crippen molar-refractivity contribution in [2.75, 3.05) is 26.0 Å². The molecule has 0 amide bonds. The first-order chi connectivity index (χ1) is 5.52. The molecule has 0 aromatic heterocycles. The zero-order valence-corrected chi connectivity index (χ0v) is 8.06. The van der Waals surface area contributed by atoms with E-state index in [0.717, 1.165) is 0 Å². The third-order valence-corrected chi connectivity index (χ3v) is 4.71. The van der Waals surface area contributed by atoms with E-state index in [1.54, 1.807) is 0 Å². The van der Waals surface area contributed by atoms with E-state index < -0.39 is 14.6 Å². The van der Waals surface area contributed by atoms with Crippen molar-refractivity contribution in [3.05, 3.63) is 0 Å². The van der Waals surface area contributed by atoms with Crippen LogP contribution in [-0.4, -0.2) is 39.2 Å². The molecule has 0 aliphatic carbocycles. The van der Waals surface area contributed by atoms with Gasteiger partial charge < -0.3 is 10.5 Å². The molecule has 1 rings (SSSR count). The van der Waals surface area contributed by atoms with Gasteiger partial charge in [0.25, 0.3) is 0 Å². The van der Waals surface area contributed by atoms with Crippen LogP contribution in [0, 0.1) is 0 Å². The Morgan fingerprint density at radius 3 is 2.17 bits per heavy atom. The van der Waals surface area contributed by atoms with Crippen LogP contribution >= 0.6 is 0 Å². The van der Waals surface area contributed by atoms with Gasteiger partial charge in [-0.15, -0.1) is 0 Å². The van der Waals surface area contributed by atoms with Gasteiger partial charge in [0, 0.05) is 26.0 Å². The van der Waals surface area contributed by atoms with Crippen LogP contribution in [0.5, 0.6) is 0 Å². The van der Waals surface area contributed by atoms with E-state index in [-0.39, 0.29) is 6.54 Å². The zero-order valence-electron chi connectivity index (χ0n) is 7.25. The molecule has 0 saturated carbocycles. The number of nitrogens with two attached hydrogens (primary N) is 1. The van der Waals surface area contributed by atoms with Gasteiger partial charge >= 0.3 is 0 Å². The third kappa shape index (κ3) is 1.62. The van der Waals surface area contributed by atoms with Crippen molar-refractivity contribution in [3.8, 4) is 0 Å². The summed E-state index contributed by atoms with van der Waals surface area (Å²) in [5.74, 6) is 0. The fraction of sp³-hybridized carbons (Fsp3) is 1.00. The molecule has 2 N–H and O–H groups in total. The summed E-state index contributed by atoms with van der Waals surface area (Å²) in [6.45, 7) is 1.21. The molecule has 5 heteroatoms. The van der Waals surface area contributed by atoms with E-state index in [0.29, 0.717) is 26.1 Å². The van der Waals surface area contributed by atoms with Gasteiger partial charge in [0.1, 0.15) is 0 Å². The molecule has 1 saturated heterocycles. The number of rotatable bonds is 2. The number of sulfone groups is 1. The van der Waals surface area contributed by atoms with E-state index in [1.165, 1.54) is 6.26 Å². The van der Waals surface area contributed by atoms with E-state index in [4.69, 9.17) is 10.5 Å². The molecule has 4 nitrogen and oxygen atoms in total. The standard InChI is InChI=1S/C7H15NO3S/c1-12(9,10)7(6-8)2-4-11-5-3-7/h2-6,8H2,1H3. The second-order valence-electron chi connectivity index (χ2n) is 3.27. The summed E-state index contributed by atoms with van der Waals surface area (Å²) in [6, 6.07) is 0. The van der Waals surface area contributed by atoms with Crippen molar-refractivity contribution < 1.29 is 13.2 Å². The van der Waals surface area contributed by atoms with Crippen LogP contribution in [0.4, 0.5) is 0 Å². The summed E-state index contributed by atoms with van der Waals surface area (Å²) < 4.78 is 27.2. The van der Waals surface area contributed by atoms with Crippen LogP contribution in [0.2, 0.25) is 0 Å². The van der Waals surface area contributed by atoms with E-state index in [1.807, 2.05) is 0 Å². The Bertz CT molecular complexity index is 241. The Balaban J connectivity index is 2.88. The van der Waals surface area contributed by atoms with Crippen LogP contribution in [-0.2, 0) is 14.6 Å². The molecule has 0 atom stereocenters. The predicted molar refractivity (Wildman–Crippen MR) is 46.7 cm³/mol. The minimum atomic E-state index is -3.04. The Morgan fingerprint density at radius 2 is 1.92 bits per heavy atom. The first-order valence-corrected chi connectivity index (χ1v) is 5.88. The van der Waals surface area contributed by atoms with Gasteiger partial charge in [-0.05, 0) is 12.8 Å². The molecule has 0 aromatic rings. The van der Waals surface area contributed by atoms with Crippen LogP contribution in [0.3, 0.4) is 0 Å². The van der Waals surface area contributed by atoms with Crippen molar-refractivity contribution in [3.63, 3.8) is 0 Å². The number of hydrogen-bond acceptors (Lipinski definition) is 4. The van der Waals surface area contributed by atoms with Crippen molar-refractivity contribution in [2.45, 2.75) is 17.6 Å². The molecule has 0 aromatic carbocycles. The summed E-state index contributed by atoms with van der Waals surface area (Å²) in [4.78, 5) is 0. The molecule has 0 spiro atoms. The summed E-state index contributed by atoms with van der Waals surface area (Å²) in [6.07, 6.45) is 2.32. The molecule has 0 bridgehead atoms. The minimum Gasteiger partial charge on any atom is -0.381 e. The molecule has 0 unspecified atom stereocenters. The van der Waals surface area contributed by atoms with E-state index in [2.05, 4.69) is 0 Å². The maximum Gasteiger partial charge on any atom is 0.154 e. The number of ether oxygens (including phenoxy) is 1. The van der Waals surface area contributed by atoms with Gasteiger partial charge in [-0.25, -0.2) is 8.42 Å². The lowest BCUT2D eigenvalue weighted by molar-refractivity contribution is 0.0767. The average Bonchev–Trinajstić information content (AvgIpc) is 2.04. The summed E-state index contributed by atoms with van der Waals surface area (Å²) in [5.41, 5.74) is 5.49. The lowest BCUT2D eigenvalue weighted by Gasteiger charge is -2.33. The highest BCUT2D eigenvalue weighted by Gasteiger charge is 2.40. The van der Waals surface area contributed by atoms with E-state index >= 15 is 0 Å². The fourth-order valence-corrected chi connectivity index (χ4v) is 2.68. The lowest BCUT2D eigenvalue weighted by atomic mass is 9.99. The second-order valence-corrected chi connectivity index (χ2v) is 5.68. The van der Waals surface area contributed by atoms with Crippen LogP contribution in [0.15, 0.2) is 0 Å². The largest absolute Gasteiger partial charge is 0.381 e. The highest BCUT2D eigenvalue weighted by atomic mass is 32.2. The molecule has 72 valence electrons. The van der Waals surface area contributed by atoms with Crippen molar-refractivity contribution in [1.82, 2.24) is 0 Å². The molecular weight excluding hydrogens is 178 g/mol. The van der Waals surface area contributed by atoms with Gasteiger partial charge in [0.2, 0.25) is 0 Å². The molecule has 1 fully saturated rings. The topological polar surface area (TPSA) is 69.4 Å². The molecule has 0 radical (unpaired) electrons. The third-order valence-electron chi connectivity index (χ3n) is 2.56. The first kappa shape index (κ1) is 9.95. The van der Waals surface area contributed by atoms with Crippen molar-refractivity contribution in [1.29, 1.82) is 0 Å². The van der Waals surface area contributed by atoms with E-state index in [9.17, 15) is 8.42 Å². The second kappa shape index (κ2) is 3.32. The highest BCUT2D eigenvalue weighted by molar-refractivity contribution is 7.92. The summed E-state index contributed by atoms with van der Waals surface area (Å²) in [5, 5.41) is 0. The molecule has 12 heavy (non-hydrogen) atoms. The summed E-state index contributed by atoms with van der Waals surface area (Å²) in [7, 11) is -3.04. The predicted octanol–water partition coefficient (Wildman–Crippen LogP) is -0.461. The van der Waals surface area contributed by atoms with Gasteiger partial charge in [-0.2, -0.15) is 0 Å². The van der Waals surface area contributed by atoms with Gasteiger partial charge in [0.05, 0.1) is 4.75 Å². The average molecular weight is 193 g/mol. The minimum absolute atomic E-state index is 0.204. The van der Waals surface area contributed by atoms with Gasteiger partial charge in [0.15, 0.2) is 9.84 Å². The number of hydrogen-bond donors (Lipinski definition) is 1. The monoisotopic (exact) mass is 193 g/mol. The fourth-order valence-electron chi connectivity index (χ4n) is 1.47. The highest BCUT2D eigenvalue weighted by Crippen LogP contribution is 2.27. The SMILES string of the molecule is CS(=O)(=O)C1(CN)CCOCC1. The summed E-state index contributed by atoms with van der Waals surface area (Å²) >= 11 is 0. The molecule has 1 aliphatic heterocycles. The van der Waals surface area contributed by atoms with Crippen LogP contribution in [0.1, 0.15) is 12.8 Å². The van der Waals surface area contributed by atoms with Gasteiger partial charge in [-0.1, -0.05) is 0 Å². The maximum absolute atomic E-state index is 11.4. The molecular formula is C7H15NO3S. The first-order valence-electron chi connectivity index (χ1n) is 3.99. The Labute approximate surface area is 73.0 Å². The smallest absolute Gasteiger partial charge is 0.154 e. The van der Waals surface area contributed by atoms with Crippen LogP contribution < -0.4 is 5.73 Å². The van der Waals surface area contributed by atoms with Gasteiger partial charge in [-0.3, -0.25) is 0 Å². The zero-order chi connectivity index (χ0) is 9.24. The van der Waals surface area contributed by atoms with Crippen molar-refractivity contribution in [2.24, 2.45) is 5.73 Å². The molecule has 1 aliphatic rings. The van der Waals surface area contributed by atoms with Crippen molar-refractivity contribution >= 4 is 9.84 Å². The Hall–Kier alpha value is -0.130. The lowest BCUT2D eigenvalue weighted by Crippen LogP contribution is -2.49. The maximum atomic E-state index is 11.4. The van der Waals surface area contributed by atoms with Crippen LogP contribution in [0.25, 0.3) is 0 Å².